The number of para-hydroxylation sites is 2. The van der Waals surface area contributed by atoms with Gasteiger partial charge in [0.2, 0.25) is 5.91 Å². The van der Waals surface area contributed by atoms with E-state index >= 15 is 0 Å². The normalized spacial score (nSPS) is 23.2. The summed E-state index contributed by atoms with van der Waals surface area (Å²) in [7, 11) is 1.68. The Morgan fingerprint density at radius 3 is 2.27 bits per heavy atom. The first kappa shape index (κ1) is 29.1. The van der Waals surface area contributed by atoms with Crippen LogP contribution in [-0.4, -0.2) is 64.1 Å². The van der Waals surface area contributed by atoms with Gasteiger partial charge in [0, 0.05) is 37.6 Å². The van der Waals surface area contributed by atoms with Crippen LogP contribution in [-0.2, 0) is 16.6 Å². The van der Waals surface area contributed by atoms with Crippen molar-refractivity contribution in [2.24, 2.45) is 0 Å². The Hall–Kier alpha value is -3.64. The zero-order valence-corrected chi connectivity index (χ0v) is 26.3. The van der Waals surface area contributed by atoms with Crippen molar-refractivity contribution >= 4 is 16.9 Å². The van der Waals surface area contributed by atoms with E-state index in [4.69, 9.17) is 9.72 Å². The molecule has 0 saturated carbocycles. The lowest BCUT2D eigenvalue weighted by Gasteiger charge is -2.45. The van der Waals surface area contributed by atoms with Gasteiger partial charge in [-0.25, -0.2) is 4.98 Å². The number of piperidine rings is 2. The molecule has 0 N–H and O–H groups in total. The van der Waals surface area contributed by atoms with Crippen molar-refractivity contribution in [2.45, 2.75) is 88.3 Å². The summed E-state index contributed by atoms with van der Waals surface area (Å²) >= 11 is 0. The highest BCUT2D eigenvalue weighted by molar-refractivity contribution is 5.77. The van der Waals surface area contributed by atoms with Crippen LogP contribution in [0.15, 0.2) is 78.9 Å². The summed E-state index contributed by atoms with van der Waals surface area (Å²) < 4.78 is 7.81. The molecule has 3 saturated heterocycles. The summed E-state index contributed by atoms with van der Waals surface area (Å²) in [5.74, 6) is 2.29. The number of methoxy groups -OCH3 is 1. The minimum atomic E-state index is 0.126. The lowest BCUT2D eigenvalue weighted by Crippen LogP contribution is -2.49. The summed E-state index contributed by atoms with van der Waals surface area (Å²) in [5, 5.41) is 0. The van der Waals surface area contributed by atoms with Gasteiger partial charge in [-0.2, -0.15) is 0 Å². The number of imidazole rings is 1. The van der Waals surface area contributed by atoms with E-state index in [1.54, 1.807) is 7.11 Å². The van der Waals surface area contributed by atoms with Crippen LogP contribution in [0, 0.1) is 6.92 Å². The smallest absolute Gasteiger partial charge is 0.222 e. The Morgan fingerprint density at radius 1 is 0.886 bits per heavy atom. The molecule has 4 heterocycles. The number of hydrogen-bond acceptors (Lipinski definition) is 4. The summed E-state index contributed by atoms with van der Waals surface area (Å²) in [6, 6.07) is 29.7. The van der Waals surface area contributed by atoms with E-state index < -0.39 is 0 Å². The number of likely N-dealkylation sites (tertiary alicyclic amines) is 1. The van der Waals surface area contributed by atoms with Crippen LogP contribution in [0.25, 0.3) is 11.0 Å². The lowest BCUT2D eigenvalue weighted by atomic mass is 9.70. The third kappa shape index (κ3) is 5.65. The van der Waals surface area contributed by atoms with Crippen molar-refractivity contribution in [2.75, 3.05) is 26.7 Å². The molecule has 3 atom stereocenters. The van der Waals surface area contributed by atoms with Gasteiger partial charge in [-0.3, -0.25) is 9.69 Å². The predicted octanol–water partition coefficient (Wildman–Crippen LogP) is 7.10. The van der Waals surface area contributed by atoms with Gasteiger partial charge >= 0.3 is 0 Å². The van der Waals surface area contributed by atoms with E-state index in [9.17, 15) is 4.79 Å². The van der Waals surface area contributed by atoms with Crippen molar-refractivity contribution in [3.05, 3.63) is 95.8 Å². The van der Waals surface area contributed by atoms with E-state index in [2.05, 4.69) is 88.0 Å². The first-order valence-corrected chi connectivity index (χ1v) is 16.7. The average molecular weight is 591 g/mol. The zero-order chi connectivity index (χ0) is 30.1. The van der Waals surface area contributed by atoms with Crippen molar-refractivity contribution in [3.63, 3.8) is 0 Å². The van der Waals surface area contributed by atoms with Crippen LogP contribution in [0.2, 0.25) is 0 Å². The number of ether oxygens (including phenoxy) is 1. The number of aromatic nitrogens is 2. The van der Waals surface area contributed by atoms with E-state index in [0.717, 1.165) is 62.4 Å². The number of benzene rings is 3. The zero-order valence-electron chi connectivity index (χ0n) is 26.3. The third-order valence-corrected chi connectivity index (χ3v) is 11.1. The van der Waals surface area contributed by atoms with Gasteiger partial charge in [-0.15, -0.1) is 0 Å². The minimum absolute atomic E-state index is 0.126. The van der Waals surface area contributed by atoms with Crippen LogP contribution < -0.4 is 4.74 Å². The van der Waals surface area contributed by atoms with Gasteiger partial charge in [0.1, 0.15) is 11.6 Å². The van der Waals surface area contributed by atoms with Gasteiger partial charge in [-0.1, -0.05) is 54.6 Å². The number of fused-ring (bicyclic) bond motifs is 3. The second-order valence-electron chi connectivity index (χ2n) is 13.4. The first-order chi connectivity index (χ1) is 21.5. The quantitative estimate of drug-likeness (QED) is 0.209. The number of hydrogen-bond donors (Lipinski definition) is 0. The average Bonchev–Trinajstić information content (AvgIpc) is 3.53. The summed E-state index contributed by atoms with van der Waals surface area (Å²) in [5.41, 5.74) is 5.17. The largest absolute Gasteiger partial charge is 0.497 e. The van der Waals surface area contributed by atoms with Crippen molar-refractivity contribution < 1.29 is 9.53 Å². The molecule has 6 heteroatoms. The summed E-state index contributed by atoms with van der Waals surface area (Å²) in [6.07, 6.45) is 9.62. The molecular weight excluding hydrogens is 544 g/mol. The summed E-state index contributed by atoms with van der Waals surface area (Å²) in [6.45, 7) is 5.01. The monoisotopic (exact) mass is 590 g/mol. The highest BCUT2D eigenvalue weighted by Gasteiger charge is 2.44. The van der Waals surface area contributed by atoms with E-state index in [1.165, 1.54) is 42.3 Å². The molecule has 44 heavy (non-hydrogen) atoms. The minimum Gasteiger partial charge on any atom is -0.497 e. The topological polar surface area (TPSA) is 50.6 Å². The Kier molecular flexibility index (Phi) is 8.19. The molecular formula is C38H46N4O2. The number of nitrogens with zero attached hydrogens (tertiary/aromatic N) is 4. The molecule has 3 aliphatic heterocycles. The van der Waals surface area contributed by atoms with Crippen molar-refractivity contribution in [1.82, 2.24) is 19.4 Å². The van der Waals surface area contributed by atoms with Crippen LogP contribution in [0.5, 0.6) is 5.75 Å². The Balaban J connectivity index is 1.00. The van der Waals surface area contributed by atoms with Crippen LogP contribution in [0.1, 0.15) is 74.4 Å². The molecule has 1 unspecified atom stereocenters. The fourth-order valence-electron chi connectivity index (χ4n) is 8.65. The maximum absolute atomic E-state index is 13.3. The Labute approximate surface area is 262 Å². The molecule has 1 amide bonds. The highest BCUT2D eigenvalue weighted by atomic mass is 16.5. The molecule has 1 aromatic heterocycles. The molecule has 3 aromatic carbocycles. The van der Waals surface area contributed by atoms with E-state index in [0.29, 0.717) is 24.5 Å². The lowest BCUT2D eigenvalue weighted by molar-refractivity contribution is -0.132. The van der Waals surface area contributed by atoms with Crippen LogP contribution in [0.3, 0.4) is 0 Å². The fourth-order valence-corrected chi connectivity index (χ4v) is 8.65. The molecule has 3 fully saturated rings. The summed E-state index contributed by atoms with van der Waals surface area (Å²) in [4.78, 5) is 23.1. The molecule has 6 nitrogen and oxygen atoms in total. The van der Waals surface area contributed by atoms with Gasteiger partial charge in [0.05, 0.1) is 18.1 Å². The van der Waals surface area contributed by atoms with Crippen molar-refractivity contribution in [1.29, 1.82) is 0 Å². The van der Waals surface area contributed by atoms with Crippen LogP contribution in [0.4, 0.5) is 0 Å². The van der Waals surface area contributed by atoms with Gasteiger partial charge in [0.25, 0.3) is 0 Å². The molecule has 3 aliphatic rings. The Bertz CT molecular complexity index is 1560. The predicted molar refractivity (Wildman–Crippen MR) is 176 cm³/mol. The van der Waals surface area contributed by atoms with Gasteiger partial charge in [0.15, 0.2) is 0 Å². The van der Waals surface area contributed by atoms with Crippen molar-refractivity contribution in [3.8, 4) is 5.75 Å². The number of carbonyl (C=O) groups excluding carboxylic acids is 1. The number of rotatable bonds is 9. The molecule has 4 aromatic rings. The number of amides is 1. The molecule has 230 valence electrons. The Morgan fingerprint density at radius 2 is 1.57 bits per heavy atom. The number of carbonyl (C=O) groups is 1. The SMILES string of the molecule is COc1ccc(CCC(=O)N2CCC(CCN3[C@@H]4CC[C@H]3CC(n3c(C)nc5ccccc53)C4)(c3ccccc3)CC2)cc1. The molecule has 2 bridgehead atoms. The molecule has 0 spiro atoms. The van der Waals surface area contributed by atoms with Gasteiger partial charge in [-0.05, 0) is 106 Å². The molecule has 7 rings (SSSR count). The second kappa shape index (κ2) is 12.4. The van der Waals surface area contributed by atoms with E-state index in [-0.39, 0.29) is 11.3 Å². The first-order valence-electron chi connectivity index (χ1n) is 16.7. The van der Waals surface area contributed by atoms with Crippen LogP contribution >= 0.6 is 0 Å². The maximum Gasteiger partial charge on any atom is 0.222 e. The number of aryl methyl sites for hydroxylation is 2. The molecule has 0 radical (unpaired) electrons. The third-order valence-electron chi connectivity index (χ3n) is 11.1. The fraction of sp³-hybridized carbons (Fsp3) is 0.474. The highest BCUT2D eigenvalue weighted by Crippen LogP contribution is 2.45. The maximum atomic E-state index is 13.3. The molecule has 0 aliphatic carbocycles. The van der Waals surface area contributed by atoms with Gasteiger partial charge < -0.3 is 14.2 Å². The second-order valence-corrected chi connectivity index (χ2v) is 13.4. The van der Waals surface area contributed by atoms with E-state index in [1.807, 2.05) is 12.1 Å². The standard InChI is InChI=1S/C38H46N4O2/c1-28-39-35-10-6-7-11-36(35)42(28)33-26-31-15-16-32(27-33)41(31)25-22-38(30-8-4-3-5-9-30)20-23-40(24-21-38)37(43)19-14-29-12-17-34(44-2)18-13-29/h3-13,17-18,31-33H,14-16,19-27H2,1-2H3/t31-,32+,33?.